The monoisotopic (exact) mass is 474 g/mol. The molecule has 0 saturated carbocycles. The van der Waals surface area contributed by atoms with E-state index in [1.165, 1.54) is 10.9 Å². The van der Waals surface area contributed by atoms with Crippen LogP contribution >= 0.6 is 0 Å². The van der Waals surface area contributed by atoms with Gasteiger partial charge in [-0.2, -0.15) is 4.98 Å². The van der Waals surface area contributed by atoms with Crippen LogP contribution < -0.4 is 11.3 Å². The van der Waals surface area contributed by atoms with Crippen LogP contribution in [0.4, 0.5) is 5.95 Å². The maximum absolute atomic E-state index is 12.9. The lowest BCUT2D eigenvalue weighted by molar-refractivity contribution is -0.0552. The SMILES string of the molecule is Nc1nc2c(ncn2COC(COCc2ccccc2)CN2C(=O)c3ccccc3C2=O)c(=O)[nH]1. The van der Waals surface area contributed by atoms with Crippen molar-refractivity contribution in [1.82, 2.24) is 24.4 Å². The molecular formula is C24H22N6O5. The van der Waals surface area contributed by atoms with Crippen molar-refractivity contribution in [3.63, 3.8) is 0 Å². The minimum atomic E-state index is -0.655. The zero-order valence-electron chi connectivity index (χ0n) is 18.6. The number of aromatic nitrogens is 4. The fourth-order valence-corrected chi connectivity index (χ4v) is 3.90. The molecule has 0 fully saturated rings. The fraction of sp³-hybridized carbons (Fsp3) is 0.208. The molecule has 11 heteroatoms. The number of nitrogens with one attached hydrogen (secondary N) is 1. The van der Waals surface area contributed by atoms with Crippen LogP contribution in [-0.4, -0.2) is 55.5 Å². The lowest BCUT2D eigenvalue weighted by Gasteiger charge is -2.23. The second kappa shape index (κ2) is 9.49. The highest BCUT2D eigenvalue weighted by molar-refractivity contribution is 6.21. The summed E-state index contributed by atoms with van der Waals surface area (Å²) in [5.74, 6) is -0.800. The largest absolute Gasteiger partial charge is 0.374 e. The summed E-state index contributed by atoms with van der Waals surface area (Å²) >= 11 is 0. The highest BCUT2D eigenvalue weighted by Crippen LogP contribution is 2.23. The van der Waals surface area contributed by atoms with E-state index in [2.05, 4.69) is 15.0 Å². The van der Waals surface area contributed by atoms with E-state index in [1.807, 2.05) is 30.3 Å². The molecule has 5 rings (SSSR count). The van der Waals surface area contributed by atoms with Gasteiger partial charge in [-0.05, 0) is 17.7 Å². The van der Waals surface area contributed by atoms with Gasteiger partial charge >= 0.3 is 0 Å². The molecular weight excluding hydrogens is 452 g/mol. The van der Waals surface area contributed by atoms with Crippen molar-refractivity contribution in [3.05, 3.63) is 88.0 Å². The maximum Gasteiger partial charge on any atom is 0.280 e. The number of aromatic amines is 1. The van der Waals surface area contributed by atoms with Gasteiger partial charge in [-0.1, -0.05) is 42.5 Å². The van der Waals surface area contributed by atoms with Gasteiger partial charge in [0.25, 0.3) is 17.4 Å². The first-order valence-corrected chi connectivity index (χ1v) is 10.9. The number of imide groups is 1. The van der Waals surface area contributed by atoms with E-state index in [0.29, 0.717) is 17.7 Å². The summed E-state index contributed by atoms with van der Waals surface area (Å²) < 4.78 is 13.4. The number of carbonyl (C=O) groups is 2. The van der Waals surface area contributed by atoms with E-state index in [1.54, 1.807) is 24.3 Å². The van der Waals surface area contributed by atoms with Crippen LogP contribution in [0, 0.1) is 0 Å². The first-order chi connectivity index (χ1) is 17.0. The molecule has 3 heterocycles. The lowest BCUT2D eigenvalue weighted by atomic mass is 10.1. The van der Waals surface area contributed by atoms with Crippen molar-refractivity contribution < 1.29 is 19.1 Å². The van der Waals surface area contributed by atoms with E-state index >= 15 is 0 Å². The number of H-pyrrole nitrogens is 1. The number of hydrogen-bond donors (Lipinski definition) is 2. The zero-order chi connectivity index (χ0) is 24.4. The predicted octanol–water partition coefficient (Wildman–Crippen LogP) is 1.56. The average molecular weight is 474 g/mol. The Hall–Kier alpha value is -4.35. The second-order valence-corrected chi connectivity index (χ2v) is 8.02. The van der Waals surface area contributed by atoms with E-state index < -0.39 is 11.7 Å². The van der Waals surface area contributed by atoms with Gasteiger partial charge in [0.05, 0.1) is 37.2 Å². The molecule has 3 N–H and O–H groups in total. The summed E-state index contributed by atoms with van der Waals surface area (Å²) in [5.41, 5.74) is 7.29. The Morgan fingerprint density at radius 2 is 1.66 bits per heavy atom. The number of hydrogen-bond acceptors (Lipinski definition) is 8. The van der Waals surface area contributed by atoms with Crippen molar-refractivity contribution in [2.75, 3.05) is 18.9 Å². The number of nitrogen functional groups attached to an aromatic ring is 1. The first kappa shape index (κ1) is 22.4. The van der Waals surface area contributed by atoms with Gasteiger partial charge in [-0.25, -0.2) is 4.98 Å². The Labute approximate surface area is 199 Å². The molecule has 1 aliphatic rings. The number of nitrogens with zero attached hydrogens (tertiary/aromatic N) is 4. The number of imidazole rings is 1. The van der Waals surface area contributed by atoms with Crippen molar-refractivity contribution in [3.8, 4) is 0 Å². The standard InChI is InChI=1S/C24H22N6O5/c25-24-27-20-19(21(31)28-24)26-13-29(20)14-35-16(12-34-11-15-6-2-1-3-7-15)10-30-22(32)17-8-4-5-9-18(17)23(30)33/h1-9,13,16H,10-12,14H2,(H3,25,27,28,31). The third-order valence-corrected chi connectivity index (χ3v) is 5.62. The number of carbonyl (C=O) groups excluding carboxylic acids is 2. The summed E-state index contributed by atoms with van der Waals surface area (Å²) in [4.78, 5) is 49.5. The number of ether oxygens (including phenoxy) is 2. The summed E-state index contributed by atoms with van der Waals surface area (Å²) in [6.07, 6.45) is 0.758. The molecule has 2 aromatic carbocycles. The molecule has 0 radical (unpaired) electrons. The molecule has 2 amide bonds. The normalized spacial score (nSPS) is 14.0. The quantitative estimate of drug-likeness (QED) is 0.348. The molecule has 178 valence electrons. The van der Waals surface area contributed by atoms with Gasteiger partial charge in [0.2, 0.25) is 5.95 Å². The Morgan fingerprint density at radius 3 is 2.37 bits per heavy atom. The van der Waals surface area contributed by atoms with Gasteiger partial charge in [-0.3, -0.25) is 28.8 Å². The molecule has 11 nitrogen and oxygen atoms in total. The fourth-order valence-electron chi connectivity index (χ4n) is 3.90. The number of anilines is 1. The third kappa shape index (κ3) is 4.54. The van der Waals surface area contributed by atoms with Crippen LogP contribution in [0.25, 0.3) is 11.2 Å². The number of fused-ring (bicyclic) bond motifs is 2. The highest BCUT2D eigenvalue weighted by Gasteiger charge is 2.36. The highest BCUT2D eigenvalue weighted by atomic mass is 16.5. The molecule has 1 unspecified atom stereocenters. The van der Waals surface area contributed by atoms with E-state index in [0.717, 1.165) is 10.5 Å². The smallest absolute Gasteiger partial charge is 0.280 e. The van der Waals surface area contributed by atoms with Gasteiger partial charge in [-0.15, -0.1) is 0 Å². The number of nitrogens with two attached hydrogens (primary N) is 1. The summed E-state index contributed by atoms with van der Waals surface area (Å²) in [6.45, 7) is 0.397. The van der Waals surface area contributed by atoms with Crippen molar-refractivity contribution in [2.45, 2.75) is 19.4 Å². The molecule has 0 bridgehead atoms. The topological polar surface area (TPSA) is 145 Å². The van der Waals surface area contributed by atoms with Gasteiger partial charge < -0.3 is 15.2 Å². The summed E-state index contributed by atoms with van der Waals surface area (Å²) in [7, 11) is 0. The molecule has 4 aromatic rings. The van der Waals surface area contributed by atoms with Crippen molar-refractivity contribution in [2.24, 2.45) is 0 Å². The van der Waals surface area contributed by atoms with Gasteiger partial charge in [0.15, 0.2) is 11.2 Å². The lowest BCUT2D eigenvalue weighted by Crippen LogP contribution is -2.40. The third-order valence-electron chi connectivity index (χ3n) is 5.62. The second-order valence-electron chi connectivity index (χ2n) is 8.02. The van der Waals surface area contributed by atoms with E-state index in [-0.39, 0.29) is 48.8 Å². The van der Waals surface area contributed by atoms with Crippen LogP contribution in [0.1, 0.15) is 26.3 Å². The first-order valence-electron chi connectivity index (χ1n) is 10.9. The summed E-state index contributed by atoms with van der Waals surface area (Å²) in [6, 6.07) is 16.3. The molecule has 1 aliphatic heterocycles. The van der Waals surface area contributed by atoms with Crippen LogP contribution in [0.2, 0.25) is 0 Å². The Kier molecular flexibility index (Phi) is 6.08. The molecule has 1 atom stereocenters. The molecule has 0 spiro atoms. The molecule has 0 aliphatic carbocycles. The van der Waals surface area contributed by atoms with Crippen LogP contribution in [0.15, 0.2) is 65.7 Å². The van der Waals surface area contributed by atoms with Crippen molar-refractivity contribution >= 4 is 28.9 Å². The predicted molar refractivity (Wildman–Crippen MR) is 125 cm³/mol. The van der Waals surface area contributed by atoms with Gasteiger partial charge in [0, 0.05) is 0 Å². The zero-order valence-corrected chi connectivity index (χ0v) is 18.6. The minimum Gasteiger partial charge on any atom is -0.374 e. The van der Waals surface area contributed by atoms with Crippen LogP contribution in [0.3, 0.4) is 0 Å². The molecule has 0 saturated heterocycles. The minimum absolute atomic E-state index is 0.0100. The molecule has 2 aromatic heterocycles. The summed E-state index contributed by atoms with van der Waals surface area (Å²) in [5, 5.41) is 0. The Morgan fingerprint density at radius 1 is 0.971 bits per heavy atom. The Balaban J connectivity index is 1.33. The van der Waals surface area contributed by atoms with Crippen molar-refractivity contribution in [1.29, 1.82) is 0 Å². The van der Waals surface area contributed by atoms with Crippen LogP contribution in [0.5, 0.6) is 0 Å². The number of benzene rings is 2. The number of rotatable bonds is 9. The van der Waals surface area contributed by atoms with Crippen LogP contribution in [-0.2, 0) is 22.8 Å². The number of amides is 2. The van der Waals surface area contributed by atoms with E-state index in [4.69, 9.17) is 15.2 Å². The van der Waals surface area contributed by atoms with Gasteiger partial charge in [0.1, 0.15) is 12.8 Å². The van der Waals surface area contributed by atoms with E-state index in [9.17, 15) is 14.4 Å². The Bertz CT molecular complexity index is 1410. The average Bonchev–Trinajstić information content (AvgIpc) is 3.37. The molecule has 35 heavy (non-hydrogen) atoms. The maximum atomic E-state index is 12.9.